The van der Waals surface area contributed by atoms with Crippen LogP contribution in [0.3, 0.4) is 0 Å². The number of nitrogens with zero attached hydrogens (tertiary/aromatic N) is 1. The van der Waals surface area contributed by atoms with Gasteiger partial charge in [0.25, 0.3) is 0 Å². The van der Waals surface area contributed by atoms with Crippen LogP contribution in [0.5, 0.6) is 0 Å². The summed E-state index contributed by atoms with van der Waals surface area (Å²) < 4.78 is 0. The van der Waals surface area contributed by atoms with Crippen LogP contribution in [0, 0.1) is 5.92 Å². The molecule has 13 heavy (non-hydrogen) atoms. The number of aliphatic carboxylic acids is 1. The van der Waals surface area contributed by atoms with Gasteiger partial charge in [-0.2, -0.15) is 0 Å². The number of hydrogen-bond acceptors (Lipinski definition) is 2. The summed E-state index contributed by atoms with van der Waals surface area (Å²) in [6.45, 7) is 7.30. The molecule has 1 fully saturated rings. The SMILES string of the molecule is CCN(C(C)C)C1CCC1C(=O)O. The standard InChI is InChI=1S/C10H19NO2/c1-4-11(7(2)3)9-6-5-8(9)10(12)13/h7-9H,4-6H2,1-3H3,(H,12,13). The van der Waals surface area contributed by atoms with E-state index in [9.17, 15) is 4.79 Å². The first-order valence-corrected chi connectivity index (χ1v) is 5.06. The van der Waals surface area contributed by atoms with Crippen molar-refractivity contribution in [1.29, 1.82) is 0 Å². The topological polar surface area (TPSA) is 40.5 Å². The van der Waals surface area contributed by atoms with Crippen molar-refractivity contribution >= 4 is 5.97 Å². The lowest BCUT2D eigenvalue weighted by molar-refractivity contribution is -0.149. The molecule has 76 valence electrons. The number of rotatable bonds is 4. The van der Waals surface area contributed by atoms with Crippen LogP contribution in [0.1, 0.15) is 33.6 Å². The fourth-order valence-electron chi connectivity index (χ4n) is 2.15. The summed E-state index contributed by atoms with van der Waals surface area (Å²) in [5.74, 6) is -0.752. The Hall–Kier alpha value is -0.570. The van der Waals surface area contributed by atoms with Crippen LogP contribution in [0.4, 0.5) is 0 Å². The zero-order valence-corrected chi connectivity index (χ0v) is 8.66. The molecule has 2 atom stereocenters. The van der Waals surface area contributed by atoms with E-state index in [0.29, 0.717) is 6.04 Å². The molecule has 3 nitrogen and oxygen atoms in total. The van der Waals surface area contributed by atoms with Gasteiger partial charge in [0.2, 0.25) is 0 Å². The van der Waals surface area contributed by atoms with Gasteiger partial charge in [0.1, 0.15) is 0 Å². The van der Waals surface area contributed by atoms with E-state index in [4.69, 9.17) is 5.11 Å². The third-order valence-corrected chi connectivity index (χ3v) is 3.01. The van der Waals surface area contributed by atoms with Crippen molar-refractivity contribution in [3.8, 4) is 0 Å². The molecule has 1 rings (SSSR count). The Bertz CT molecular complexity index is 191. The zero-order chi connectivity index (χ0) is 10.0. The summed E-state index contributed by atoms with van der Waals surface area (Å²) in [5, 5.41) is 8.90. The van der Waals surface area contributed by atoms with Gasteiger partial charge in [0.05, 0.1) is 5.92 Å². The van der Waals surface area contributed by atoms with E-state index in [-0.39, 0.29) is 12.0 Å². The van der Waals surface area contributed by atoms with Crippen molar-refractivity contribution in [2.24, 2.45) is 5.92 Å². The lowest BCUT2D eigenvalue weighted by atomic mass is 9.78. The number of carboxylic acid groups (broad SMARTS) is 1. The summed E-state index contributed by atoms with van der Waals surface area (Å²) >= 11 is 0. The molecule has 0 spiro atoms. The summed E-state index contributed by atoms with van der Waals surface area (Å²) in [6.07, 6.45) is 1.90. The van der Waals surface area contributed by atoms with E-state index in [1.54, 1.807) is 0 Å². The van der Waals surface area contributed by atoms with Gasteiger partial charge in [0, 0.05) is 12.1 Å². The minimum atomic E-state index is -0.629. The number of carboxylic acids is 1. The first-order chi connectivity index (χ1) is 6.07. The van der Waals surface area contributed by atoms with Gasteiger partial charge < -0.3 is 5.11 Å². The average molecular weight is 185 g/mol. The Morgan fingerprint density at radius 2 is 2.15 bits per heavy atom. The van der Waals surface area contributed by atoms with Crippen molar-refractivity contribution in [1.82, 2.24) is 4.90 Å². The van der Waals surface area contributed by atoms with E-state index >= 15 is 0 Å². The molecular formula is C10H19NO2. The molecule has 0 aromatic carbocycles. The third kappa shape index (κ3) is 2.02. The van der Waals surface area contributed by atoms with Crippen LogP contribution >= 0.6 is 0 Å². The minimum absolute atomic E-state index is 0.123. The molecule has 1 aliphatic rings. The largest absolute Gasteiger partial charge is 0.481 e. The van der Waals surface area contributed by atoms with Crippen LogP contribution in [-0.2, 0) is 4.79 Å². The fraction of sp³-hybridized carbons (Fsp3) is 0.900. The summed E-state index contributed by atoms with van der Waals surface area (Å²) in [7, 11) is 0. The van der Waals surface area contributed by atoms with Crippen molar-refractivity contribution in [2.45, 2.75) is 45.7 Å². The van der Waals surface area contributed by atoms with Gasteiger partial charge >= 0.3 is 5.97 Å². The van der Waals surface area contributed by atoms with E-state index < -0.39 is 5.97 Å². The molecule has 0 amide bonds. The van der Waals surface area contributed by atoms with Gasteiger partial charge in [-0.25, -0.2) is 0 Å². The molecule has 2 unspecified atom stereocenters. The van der Waals surface area contributed by atoms with Crippen molar-refractivity contribution in [3.05, 3.63) is 0 Å². The predicted octanol–water partition coefficient (Wildman–Crippen LogP) is 1.58. The molecule has 1 N–H and O–H groups in total. The quantitative estimate of drug-likeness (QED) is 0.723. The Morgan fingerprint density at radius 3 is 2.38 bits per heavy atom. The second kappa shape index (κ2) is 4.09. The summed E-state index contributed by atoms with van der Waals surface area (Å²) in [5.41, 5.74) is 0. The fourth-order valence-corrected chi connectivity index (χ4v) is 2.15. The molecule has 3 heteroatoms. The van der Waals surface area contributed by atoms with E-state index in [0.717, 1.165) is 19.4 Å². The third-order valence-electron chi connectivity index (χ3n) is 3.01. The smallest absolute Gasteiger partial charge is 0.308 e. The maximum absolute atomic E-state index is 10.8. The molecule has 0 aromatic heterocycles. The Kier molecular flexibility index (Phi) is 3.31. The van der Waals surface area contributed by atoms with Crippen LogP contribution in [-0.4, -0.2) is 34.6 Å². The highest BCUT2D eigenvalue weighted by Gasteiger charge is 2.40. The molecular weight excluding hydrogens is 166 g/mol. The predicted molar refractivity (Wildman–Crippen MR) is 51.7 cm³/mol. The lowest BCUT2D eigenvalue weighted by Crippen LogP contribution is -2.52. The lowest BCUT2D eigenvalue weighted by Gasteiger charge is -2.43. The van der Waals surface area contributed by atoms with Crippen molar-refractivity contribution in [3.63, 3.8) is 0 Å². The first kappa shape index (κ1) is 10.5. The molecule has 0 aliphatic heterocycles. The molecule has 0 saturated heterocycles. The van der Waals surface area contributed by atoms with Gasteiger partial charge in [-0.1, -0.05) is 6.92 Å². The molecule has 1 aliphatic carbocycles. The van der Waals surface area contributed by atoms with E-state index in [1.807, 2.05) is 0 Å². The summed E-state index contributed by atoms with van der Waals surface area (Å²) in [4.78, 5) is 13.1. The van der Waals surface area contributed by atoms with Crippen LogP contribution in [0.25, 0.3) is 0 Å². The Morgan fingerprint density at radius 1 is 1.54 bits per heavy atom. The average Bonchev–Trinajstić information content (AvgIpc) is 1.95. The van der Waals surface area contributed by atoms with E-state index in [2.05, 4.69) is 25.7 Å². The van der Waals surface area contributed by atoms with Crippen LogP contribution in [0.15, 0.2) is 0 Å². The number of hydrogen-bond donors (Lipinski definition) is 1. The highest BCUT2D eigenvalue weighted by Crippen LogP contribution is 2.33. The second-order valence-electron chi connectivity index (χ2n) is 4.01. The maximum Gasteiger partial charge on any atom is 0.308 e. The monoisotopic (exact) mass is 185 g/mol. The Labute approximate surface area is 79.7 Å². The molecule has 0 aromatic rings. The Balaban J connectivity index is 2.55. The first-order valence-electron chi connectivity index (χ1n) is 5.06. The molecule has 0 heterocycles. The van der Waals surface area contributed by atoms with Crippen LogP contribution in [0.2, 0.25) is 0 Å². The summed E-state index contributed by atoms with van der Waals surface area (Å²) in [6, 6.07) is 0.736. The molecule has 0 radical (unpaired) electrons. The second-order valence-corrected chi connectivity index (χ2v) is 4.01. The van der Waals surface area contributed by atoms with E-state index in [1.165, 1.54) is 0 Å². The van der Waals surface area contributed by atoms with Gasteiger partial charge in [-0.15, -0.1) is 0 Å². The maximum atomic E-state index is 10.8. The normalized spacial score (nSPS) is 27.8. The van der Waals surface area contributed by atoms with Crippen molar-refractivity contribution in [2.75, 3.05) is 6.54 Å². The molecule has 1 saturated carbocycles. The van der Waals surface area contributed by atoms with Crippen LogP contribution < -0.4 is 0 Å². The van der Waals surface area contributed by atoms with Crippen molar-refractivity contribution < 1.29 is 9.90 Å². The highest BCUT2D eigenvalue weighted by atomic mass is 16.4. The number of carbonyl (C=O) groups is 1. The van der Waals surface area contributed by atoms with Gasteiger partial charge in [-0.3, -0.25) is 9.69 Å². The minimum Gasteiger partial charge on any atom is -0.481 e. The highest BCUT2D eigenvalue weighted by molar-refractivity contribution is 5.72. The zero-order valence-electron chi connectivity index (χ0n) is 8.66. The van der Waals surface area contributed by atoms with Gasteiger partial charge in [-0.05, 0) is 33.2 Å². The van der Waals surface area contributed by atoms with Gasteiger partial charge in [0.15, 0.2) is 0 Å². The molecule has 0 bridgehead atoms.